The zero-order valence-corrected chi connectivity index (χ0v) is 10.5. The highest BCUT2D eigenvalue weighted by molar-refractivity contribution is 5.62. The maximum atomic E-state index is 14.3. The summed E-state index contributed by atoms with van der Waals surface area (Å²) in [6, 6.07) is 3.43. The Morgan fingerprint density at radius 3 is 3.00 bits per heavy atom. The van der Waals surface area contributed by atoms with Gasteiger partial charge in [-0.05, 0) is 6.07 Å². The van der Waals surface area contributed by atoms with Gasteiger partial charge in [0.15, 0.2) is 11.4 Å². The van der Waals surface area contributed by atoms with Crippen molar-refractivity contribution in [3.05, 3.63) is 33.6 Å². The SMILES string of the molecule is N#Cc1c([N+](=O)[O-])ccc(N2CCOC[C@@H]2CO)c1F. The van der Waals surface area contributed by atoms with Crippen molar-refractivity contribution in [2.75, 3.05) is 31.3 Å². The fraction of sp³-hybridized carbons (Fsp3) is 0.417. The number of nitro benzene ring substituents is 1. The number of aliphatic hydroxyl groups excluding tert-OH is 1. The number of ether oxygens (including phenoxy) is 1. The number of rotatable bonds is 3. The summed E-state index contributed by atoms with van der Waals surface area (Å²) in [6.07, 6.45) is 0. The van der Waals surface area contributed by atoms with E-state index in [4.69, 9.17) is 10.00 Å². The molecule has 0 spiro atoms. The number of anilines is 1. The molecule has 0 radical (unpaired) electrons. The average molecular weight is 281 g/mol. The van der Waals surface area contributed by atoms with Crippen LogP contribution in [0, 0.1) is 27.3 Å². The van der Waals surface area contributed by atoms with Crippen LogP contribution in [0.3, 0.4) is 0 Å². The number of hydrogen-bond donors (Lipinski definition) is 1. The van der Waals surface area contributed by atoms with Crippen molar-refractivity contribution in [2.24, 2.45) is 0 Å². The lowest BCUT2D eigenvalue weighted by Gasteiger charge is -2.36. The quantitative estimate of drug-likeness (QED) is 0.650. The third kappa shape index (κ3) is 2.41. The highest BCUT2D eigenvalue weighted by Crippen LogP contribution is 2.30. The van der Waals surface area contributed by atoms with Gasteiger partial charge in [0.1, 0.15) is 6.07 Å². The molecule has 0 aromatic heterocycles. The minimum Gasteiger partial charge on any atom is -0.394 e. The van der Waals surface area contributed by atoms with E-state index in [0.29, 0.717) is 13.2 Å². The molecule has 106 valence electrons. The van der Waals surface area contributed by atoms with Crippen molar-refractivity contribution < 1.29 is 19.2 Å². The minimum atomic E-state index is -0.943. The summed E-state index contributed by atoms with van der Waals surface area (Å²) < 4.78 is 19.5. The Hall–Kier alpha value is -2.24. The third-order valence-electron chi connectivity index (χ3n) is 3.16. The van der Waals surface area contributed by atoms with Crippen LogP contribution in [0.5, 0.6) is 0 Å². The summed E-state index contributed by atoms with van der Waals surface area (Å²) in [5.41, 5.74) is -1.10. The Bertz CT molecular complexity index is 573. The first-order valence-electron chi connectivity index (χ1n) is 5.92. The molecule has 1 saturated heterocycles. The van der Waals surface area contributed by atoms with Crippen molar-refractivity contribution in [3.63, 3.8) is 0 Å². The van der Waals surface area contributed by atoms with Gasteiger partial charge in [0.25, 0.3) is 5.69 Å². The predicted molar refractivity (Wildman–Crippen MR) is 66.8 cm³/mol. The molecule has 0 amide bonds. The third-order valence-corrected chi connectivity index (χ3v) is 3.16. The highest BCUT2D eigenvalue weighted by atomic mass is 19.1. The molecule has 0 bridgehead atoms. The summed E-state index contributed by atoms with van der Waals surface area (Å²) >= 11 is 0. The molecule has 20 heavy (non-hydrogen) atoms. The second kappa shape index (κ2) is 5.81. The van der Waals surface area contributed by atoms with Crippen molar-refractivity contribution >= 4 is 11.4 Å². The van der Waals surface area contributed by atoms with Crippen LogP contribution < -0.4 is 4.90 Å². The minimum absolute atomic E-state index is 0.0644. The molecule has 1 N–H and O–H groups in total. The molecule has 7 nitrogen and oxygen atoms in total. The molecule has 1 aliphatic heterocycles. The van der Waals surface area contributed by atoms with Gasteiger partial charge >= 0.3 is 0 Å². The summed E-state index contributed by atoms with van der Waals surface area (Å²) in [7, 11) is 0. The van der Waals surface area contributed by atoms with E-state index in [2.05, 4.69) is 0 Å². The van der Waals surface area contributed by atoms with Gasteiger partial charge in [-0.2, -0.15) is 5.26 Å². The van der Waals surface area contributed by atoms with E-state index in [9.17, 15) is 19.6 Å². The first-order chi connectivity index (χ1) is 9.60. The molecule has 0 aliphatic carbocycles. The van der Waals surface area contributed by atoms with Gasteiger partial charge in [-0.25, -0.2) is 4.39 Å². The van der Waals surface area contributed by atoms with Gasteiger partial charge in [0.2, 0.25) is 0 Å². The predicted octanol–water partition coefficient (Wildman–Crippen LogP) is 0.803. The summed E-state index contributed by atoms with van der Waals surface area (Å²) in [5, 5.41) is 28.9. The molecule has 1 aliphatic rings. The van der Waals surface area contributed by atoms with Crippen molar-refractivity contribution in [1.82, 2.24) is 0 Å². The number of hydrogen-bond acceptors (Lipinski definition) is 6. The van der Waals surface area contributed by atoms with E-state index in [1.54, 1.807) is 4.90 Å². The Balaban J connectivity index is 2.47. The Labute approximate surface area is 113 Å². The van der Waals surface area contributed by atoms with Crippen molar-refractivity contribution in [1.29, 1.82) is 5.26 Å². The number of halogens is 1. The van der Waals surface area contributed by atoms with Gasteiger partial charge < -0.3 is 14.7 Å². The summed E-state index contributed by atoms with van der Waals surface area (Å²) in [4.78, 5) is 11.5. The Morgan fingerprint density at radius 2 is 2.40 bits per heavy atom. The van der Waals surface area contributed by atoms with Gasteiger partial charge in [0.05, 0.1) is 36.5 Å². The number of morpholine rings is 1. The van der Waals surface area contributed by atoms with E-state index in [-0.39, 0.29) is 18.9 Å². The van der Waals surface area contributed by atoms with Crippen LogP contribution in [0.2, 0.25) is 0 Å². The molecular weight excluding hydrogens is 269 g/mol. The zero-order chi connectivity index (χ0) is 14.7. The van der Waals surface area contributed by atoms with Crippen LogP contribution in [0.15, 0.2) is 12.1 Å². The maximum Gasteiger partial charge on any atom is 0.290 e. The lowest BCUT2D eigenvalue weighted by atomic mass is 10.1. The molecule has 1 aromatic carbocycles. The molecule has 1 heterocycles. The van der Waals surface area contributed by atoms with Crippen LogP contribution in [-0.4, -0.2) is 42.4 Å². The van der Waals surface area contributed by atoms with E-state index >= 15 is 0 Å². The largest absolute Gasteiger partial charge is 0.394 e. The van der Waals surface area contributed by atoms with E-state index < -0.39 is 28.0 Å². The normalized spacial score (nSPS) is 18.6. The van der Waals surface area contributed by atoms with Crippen LogP contribution in [0.4, 0.5) is 15.8 Å². The zero-order valence-electron chi connectivity index (χ0n) is 10.5. The Kier molecular flexibility index (Phi) is 4.12. The molecule has 2 rings (SSSR count). The summed E-state index contributed by atoms with van der Waals surface area (Å²) in [6.45, 7) is 0.687. The summed E-state index contributed by atoms with van der Waals surface area (Å²) in [5.74, 6) is -0.943. The first kappa shape index (κ1) is 14.2. The number of nitriles is 1. The number of nitrogens with zero attached hydrogens (tertiary/aromatic N) is 3. The van der Waals surface area contributed by atoms with Gasteiger partial charge in [-0.1, -0.05) is 0 Å². The van der Waals surface area contributed by atoms with E-state index in [1.165, 1.54) is 12.1 Å². The van der Waals surface area contributed by atoms with Crippen LogP contribution in [0.25, 0.3) is 0 Å². The van der Waals surface area contributed by atoms with Crippen LogP contribution >= 0.6 is 0 Å². The lowest BCUT2D eigenvalue weighted by molar-refractivity contribution is -0.385. The maximum absolute atomic E-state index is 14.3. The molecule has 1 atom stereocenters. The number of aliphatic hydroxyl groups is 1. The average Bonchev–Trinajstić information content (AvgIpc) is 2.46. The van der Waals surface area contributed by atoms with E-state index in [1.807, 2.05) is 0 Å². The van der Waals surface area contributed by atoms with Crippen LogP contribution in [-0.2, 0) is 4.74 Å². The fourth-order valence-electron chi connectivity index (χ4n) is 2.16. The molecule has 0 unspecified atom stereocenters. The standard InChI is InChI=1S/C12H12FN3O4/c13-12-9(5-14)10(16(18)19)1-2-11(12)15-3-4-20-7-8(15)6-17/h1-2,8,17H,3-4,6-7H2/t8-/m0/s1. The smallest absolute Gasteiger partial charge is 0.290 e. The van der Waals surface area contributed by atoms with Crippen LogP contribution in [0.1, 0.15) is 5.56 Å². The second-order valence-electron chi connectivity index (χ2n) is 4.27. The second-order valence-corrected chi connectivity index (χ2v) is 4.27. The fourth-order valence-corrected chi connectivity index (χ4v) is 2.16. The molecule has 1 aromatic rings. The number of benzene rings is 1. The van der Waals surface area contributed by atoms with E-state index in [0.717, 1.165) is 6.07 Å². The first-order valence-corrected chi connectivity index (χ1v) is 5.92. The molecule has 1 fully saturated rings. The topological polar surface area (TPSA) is 99.6 Å². The molecule has 8 heteroatoms. The van der Waals surface area contributed by atoms with Crippen molar-refractivity contribution in [2.45, 2.75) is 6.04 Å². The van der Waals surface area contributed by atoms with Crippen molar-refractivity contribution in [3.8, 4) is 6.07 Å². The molecular formula is C12H12FN3O4. The van der Waals surface area contributed by atoms with Gasteiger partial charge in [0, 0.05) is 12.6 Å². The van der Waals surface area contributed by atoms with Gasteiger partial charge in [-0.3, -0.25) is 10.1 Å². The lowest BCUT2D eigenvalue weighted by Crippen LogP contribution is -2.48. The number of nitro groups is 1. The Morgan fingerprint density at radius 1 is 1.65 bits per heavy atom. The molecule has 0 saturated carbocycles. The highest BCUT2D eigenvalue weighted by Gasteiger charge is 2.29. The monoisotopic (exact) mass is 281 g/mol. The van der Waals surface area contributed by atoms with Gasteiger partial charge in [-0.15, -0.1) is 0 Å².